The molecule has 0 aromatic heterocycles. The Balaban J connectivity index is 1.68. The van der Waals surface area contributed by atoms with Crippen molar-refractivity contribution in [2.24, 2.45) is 11.7 Å². The summed E-state index contributed by atoms with van der Waals surface area (Å²) in [4.78, 5) is 14.5. The lowest BCUT2D eigenvalue weighted by Crippen LogP contribution is -2.47. The van der Waals surface area contributed by atoms with E-state index in [0.717, 1.165) is 37.2 Å². The van der Waals surface area contributed by atoms with E-state index in [9.17, 15) is 4.79 Å². The number of carbonyl (C=O) groups excluding carboxylic acids is 1. The quantitative estimate of drug-likeness (QED) is 0.860. The molecule has 0 radical (unpaired) electrons. The van der Waals surface area contributed by atoms with Crippen LogP contribution in [0.15, 0.2) is 18.2 Å². The highest BCUT2D eigenvalue weighted by Crippen LogP contribution is 2.30. The molecule has 2 aliphatic heterocycles. The highest BCUT2D eigenvalue weighted by molar-refractivity contribution is 6.30. The number of benzene rings is 1. The first kappa shape index (κ1) is 13.7. The van der Waals surface area contributed by atoms with Gasteiger partial charge in [0, 0.05) is 24.2 Å². The minimum atomic E-state index is -0.102. The number of halogens is 1. The first-order valence-corrected chi connectivity index (χ1v) is 7.47. The second kappa shape index (κ2) is 5.62. The minimum absolute atomic E-state index is 0.102. The van der Waals surface area contributed by atoms with E-state index in [0.29, 0.717) is 18.1 Å². The number of amides is 1. The van der Waals surface area contributed by atoms with E-state index < -0.39 is 0 Å². The van der Waals surface area contributed by atoms with Crippen molar-refractivity contribution >= 4 is 17.5 Å². The van der Waals surface area contributed by atoms with Crippen LogP contribution in [0.25, 0.3) is 0 Å². The largest absolute Gasteiger partial charge is 0.492 e. The number of rotatable bonds is 1. The third-order valence-corrected chi connectivity index (χ3v) is 4.36. The van der Waals surface area contributed by atoms with Crippen LogP contribution in [0.1, 0.15) is 18.4 Å². The van der Waals surface area contributed by atoms with Crippen molar-refractivity contribution in [2.75, 3.05) is 19.7 Å². The summed E-state index contributed by atoms with van der Waals surface area (Å²) in [6, 6.07) is 5.82. The Kier molecular flexibility index (Phi) is 3.85. The third-order valence-electron chi connectivity index (χ3n) is 4.13. The molecule has 2 N–H and O–H groups in total. The van der Waals surface area contributed by atoms with Crippen LogP contribution in [0.3, 0.4) is 0 Å². The van der Waals surface area contributed by atoms with Crippen molar-refractivity contribution in [1.82, 2.24) is 4.90 Å². The summed E-state index contributed by atoms with van der Waals surface area (Å²) >= 11 is 6.00. The van der Waals surface area contributed by atoms with Gasteiger partial charge in [0.15, 0.2) is 0 Å². The highest BCUT2D eigenvalue weighted by Gasteiger charge is 2.31. The van der Waals surface area contributed by atoms with Gasteiger partial charge < -0.3 is 15.4 Å². The molecule has 0 spiro atoms. The van der Waals surface area contributed by atoms with Crippen molar-refractivity contribution < 1.29 is 9.53 Å². The maximum Gasteiger partial charge on any atom is 0.229 e. The lowest BCUT2D eigenvalue weighted by atomic mass is 9.94. The van der Waals surface area contributed by atoms with E-state index >= 15 is 0 Å². The molecular weight excluding hydrogens is 276 g/mol. The fourth-order valence-electron chi connectivity index (χ4n) is 2.90. The number of fused-ring (bicyclic) bond motifs is 1. The van der Waals surface area contributed by atoms with Crippen molar-refractivity contribution in [1.29, 1.82) is 0 Å². The Morgan fingerprint density at radius 3 is 2.85 bits per heavy atom. The molecule has 2 aliphatic rings. The molecule has 108 valence electrons. The molecule has 0 bridgehead atoms. The summed E-state index contributed by atoms with van der Waals surface area (Å²) < 4.78 is 5.69. The molecule has 2 heterocycles. The summed E-state index contributed by atoms with van der Waals surface area (Å²) in [5.74, 6) is 0.928. The molecule has 1 amide bonds. The zero-order chi connectivity index (χ0) is 14.1. The van der Waals surface area contributed by atoms with Gasteiger partial charge in [-0.3, -0.25) is 4.79 Å². The molecule has 3 rings (SSSR count). The Labute approximate surface area is 123 Å². The van der Waals surface area contributed by atoms with Gasteiger partial charge in [-0.2, -0.15) is 0 Å². The lowest BCUT2D eigenvalue weighted by molar-refractivity contribution is -0.137. The van der Waals surface area contributed by atoms with Crippen LogP contribution in [-0.2, 0) is 11.2 Å². The van der Waals surface area contributed by atoms with Gasteiger partial charge in [0.1, 0.15) is 12.4 Å². The van der Waals surface area contributed by atoms with Gasteiger partial charge in [0.2, 0.25) is 5.91 Å². The fourth-order valence-corrected chi connectivity index (χ4v) is 3.09. The number of piperidine rings is 1. The molecule has 1 aromatic carbocycles. The van der Waals surface area contributed by atoms with Gasteiger partial charge >= 0.3 is 0 Å². The van der Waals surface area contributed by atoms with Crippen molar-refractivity contribution in [2.45, 2.75) is 25.3 Å². The zero-order valence-electron chi connectivity index (χ0n) is 11.3. The highest BCUT2D eigenvalue weighted by atomic mass is 35.5. The zero-order valence-corrected chi connectivity index (χ0v) is 12.1. The lowest BCUT2D eigenvalue weighted by Gasteiger charge is -2.34. The number of likely N-dealkylation sites (tertiary alicyclic amines) is 1. The second-order valence-electron chi connectivity index (χ2n) is 5.63. The molecule has 1 saturated heterocycles. The Morgan fingerprint density at radius 1 is 1.35 bits per heavy atom. The SMILES string of the molecule is NC1CCN(C(=O)C2COc3ccc(Cl)cc3C2)CC1. The summed E-state index contributed by atoms with van der Waals surface area (Å²) in [6.07, 6.45) is 2.49. The van der Waals surface area contributed by atoms with E-state index in [1.54, 1.807) is 0 Å². The molecule has 0 aliphatic carbocycles. The van der Waals surface area contributed by atoms with Crippen LogP contribution < -0.4 is 10.5 Å². The first-order valence-electron chi connectivity index (χ1n) is 7.09. The Bertz CT molecular complexity index is 513. The average Bonchev–Trinajstić information content (AvgIpc) is 2.46. The van der Waals surface area contributed by atoms with Crippen LogP contribution in [0.5, 0.6) is 5.75 Å². The smallest absolute Gasteiger partial charge is 0.229 e. The number of carbonyl (C=O) groups is 1. The number of nitrogens with zero attached hydrogens (tertiary/aromatic N) is 1. The molecule has 4 nitrogen and oxygen atoms in total. The average molecular weight is 295 g/mol. The third kappa shape index (κ3) is 2.76. The summed E-state index contributed by atoms with van der Waals surface area (Å²) in [5.41, 5.74) is 6.90. The van der Waals surface area contributed by atoms with E-state index in [2.05, 4.69) is 0 Å². The Morgan fingerprint density at radius 2 is 2.10 bits per heavy atom. The van der Waals surface area contributed by atoms with Crippen LogP contribution in [0.2, 0.25) is 5.02 Å². The van der Waals surface area contributed by atoms with E-state index in [1.165, 1.54) is 0 Å². The topological polar surface area (TPSA) is 55.6 Å². The Hall–Kier alpha value is -1.26. The standard InChI is InChI=1S/C15H19ClN2O2/c16-12-1-2-14-10(8-12)7-11(9-20-14)15(19)18-5-3-13(17)4-6-18/h1-2,8,11,13H,3-7,9,17H2. The van der Waals surface area contributed by atoms with Gasteiger partial charge in [-0.25, -0.2) is 0 Å². The summed E-state index contributed by atoms with van der Waals surface area (Å²) in [5, 5.41) is 0.685. The summed E-state index contributed by atoms with van der Waals surface area (Å²) in [7, 11) is 0. The van der Waals surface area contributed by atoms with Crippen molar-refractivity contribution in [3.05, 3.63) is 28.8 Å². The normalized spacial score (nSPS) is 23.1. The molecule has 1 fully saturated rings. The van der Waals surface area contributed by atoms with Gasteiger partial charge in [0.25, 0.3) is 0 Å². The predicted octanol–water partition coefficient (Wildman–Crippen LogP) is 1.84. The van der Waals surface area contributed by atoms with Gasteiger partial charge in [-0.1, -0.05) is 11.6 Å². The van der Waals surface area contributed by atoms with Crippen LogP contribution in [0, 0.1) is 5.92 Å². The minimum Gasteiger partial charge on any atom is -0.492 e. The van der Waals surface area contributed by atoms with E-state index in [-0.39, 0.29) is 17.9 Å². The number of hydrogen-bond donors (Lipinski definition) is 1. The van der Waals surface area contributed by atoms with E-state index in [1.807, 2.05) is 23.1 Å². The number of nitrogens with two attached hydrogens (primary N) is 1. The van der Waals surface area contributed by atoms with Crippen LogP contribution in [-0.4, -0.2) is 36.5 Å². The van der Waals surface area contributed by atoms with Crippen LogP contribution >= 0.6 is 11.6 Å². The van der Waals surface area contributed by atoms with Crippen LogP contribution in [0.4, 0.5) is 0 Å². The number of hydrogen-bond acceptors (Lipinski definition) is 3. The molecule has 20 heavy (non-hydrogen) atoms. The molecule has 0 saturated carbocycles. The van der Waals surface area contributed by atoms with Gasteiger partial charge in [-0.15, -0.1) is 0 Å². The predicted molar refractivity (Wildman–Crippen MR) is 77.9 cm³/mol. The van der Waals surface area contributed by atoms with Gasteiger partial charge in [0.05, 0.1) is 5.92 Å². The van der Waals surface area contributed by atoms with Crippen molar-refractivity contribution in [3.63, 3.8) is 0 Å². The molecule has 5 heteroatoms. The molecule has 1 unspecified atom stereocenters. The second-order valence-corrected chi connectivity index (χ2v) is 6.06. The monoisotopic (exact) mass is 294 g/mol. The molecule has 1 aromatic rings. The van der Waals surface area contributed by atoms with Crippen molar-refractivity contribution in [3.8, 4) is 5.75 Å². The van der Waals surface area contributed by atoms with Gasteiger partial charge in [-0.05, 0) is 43.0 Å². The first-order chi connectivity index (χ1) is 9.63. The van der Waals surface area contributed by atoms with E-state index in [4.69, 9.17) is 22.1 Å². The molecular formula is C15H19ClN2O2. The number of ether oxygens (including phenoxy) is 1. The molecule has 1 atom stereocenters. The fraction of sp³-hybridized carbons (Fsp3) is 0.533. The maximum atomic E-state index is 12.5. The summed E-state index contributed by atoms with van der Waals surface area (Å²) in [6.45, 7) is 1.98. The maximum absolute atomic E-state index is 12.5.